The van der Waals surface area contributed by atoms with E-state index in [9.17, 15) is 13.2 Å². The molecule has 1 fully saturated rings. The van der Waals surface area contributed by atoms with Crippen LogP contribution in [0.2, 0.25) is 0 Å². The Balaban J connectivity index is 1.96. The minimum absolute atomic E-state index is 0.0283. The molecule has 9 heteroatoms. The van der Waals surface area contributed by atoms with Gasteiger partial charge < -0.3 is 19.5 Å². The van der Waals surface area contributed by atoms with Crippen molar-refractivity contribution in [1.29, 1.82) is 0 Å². The van der Waals surface area contributed by atoms with Crippen molar-refractivity contribution in [2.24, 2.45) is 0 Å². The topological polar surface area (TPSA) is 94.2 Å². The predicted molar refractivity (Wildman–Crippen MR) is 116 cm³/mol. The smallest absolute Gasteiger partial charge is 0.251 e. The van der Waals surface area contributed by atoms with Crippen molar-refractivity contribution in [3.05, 3.63) is 23.8 Å². The minimum atomic E-state index is -3.47. The van der Waals surface area contributed by atoms with Gasteiger partial charge in [0.1, 0.15) is 0 Å². The van der Waals surface area contributed by atoms with Gasteiger partial charge in [-0.25, -0.2) is 8.42 Å². The number of rotatable bonds is 11. The normalized spacial score (nSPS) is 20.0. The third-order valence-corrected chi connectivity index (χ3v) is 6.36. The zero-order valence-electron chi connectivity index (χ0n) is 18.3. The van der Waals surface area contributed by atoms with Crippen molar-refractivity contribution in [1.82, 2.24) is 9.62 Å². The molecule has 1 aromatic rings. The Bertz CT molecular complexity index is 789. The van der Waals surface area contributed by atoms with Gasteiger partial charge in [-0.2, -0.15) is 4.31 Å². The number of carbonyl (C=O) groups excluding carboxylic acids is 1. The molecule has 1 N–H and O–H groups in total. The van der Waals surface area contributed by atoms with E-state index in [1.807, 2.05) is 27.7 Å². The van der Waals surface area contributed by atoms with Crippen molar-refractivity contribution in [3.8, 4) is 11.5 Å². The molecule has 1 aliphatic rings. The third-order valence-electron chi connectivity index (χ3n) is 4.55. The number of benzene rings is 1. The van der Waals surface area contributed by atoms with E-state index < -0.39 is 10.0 Å². The number of hydrogen-bond acceptors (Lipinski definition) is 6. The summed E-state index contributed by atoms with van der Waals surface area (Å²) in [4.78, 5) is 12.5. The first-order chi connectivity index (χ1) is 14.3. The molecule has 2 atom stereocenters. The lowest BCUT2D eigenvalue weighted by Crippen LogP contribution is -2.49. The first-order valence-electron chi connectivity index (χ1n) is 10.6. The van der Waals surface area contributed by atoms with E-state index in [2.05, 4.69) is 5.32 Å². The number of sulfonamides is 1. The Hall–Kier alpha value is -1.84. The molecule has 0 spiro atoms. The standard InChI is InChI=1S/C21H34N2O6S/c1-5-10-27-19-8-7-18(13-20(19)28-11-6-2)21(24)22-9-12-30(25,26)23-14-16(3)29-17(4)15-23/h7-8,13,16-17H,5-6,9-12,14-15H2,1-4H3,(H,22,24). The number of hydrogen-bond donors (Lipinski definition) is 1. The van der Waals surface area contributed by atoms with Crippen LogP contribution in [0.4, 0.5) is 0 Å². The number of nitrogens with zero attached hydrogens (tertiary/aromatic N) is 1. The van der Waals surface area contributed by atoms with E-state index in [1.54, 1.807) is 18.2 Å². The quantitative estimate of drug-likeness (QED) is 0.566. The monoisotopic (exact) mass is 442 g/mol. The molecule has 8 nitrogen and oxygen atoms in total. The van der Waals surface area contributed by atoms with Crippen LogP contribution in [0, 0.1) is 0 Å². The molecule has 0 radical (unpaired) electrons. The summed E-state index contributed by atoms with van der Waals surface area (Å²) in [7, 11) is -3.47. The van der Waals surface area contributed by atoms with E-state index in [0.29, 0.717) is 43.4 Å². The summed E-state index contributed by atoms with van der Waals surface area (Å²) >= 11 is 0. The molecule has 1 heterocycles. The summed E-state index contributed by atoms with van der Waals surface area (Å²) in [6, 6.07) is 5.00. The van der Waals surface area contributed by atoms with Crippen molar-refractivity contribution in [2.75, 3.05) is 38.6 Å². The zero-order chi connectivity index (χ0) is 22.1. The summed E-state index contributed by atoms with van der Waals surface area (Å²) in [6.45, 7) is 9.49. The third kappa shape index (κ3) is 7.14. The van der Waals surface area contributed by atoms with Crippen LogP contribution in [-0.2, 0) is 14.8 Å². The Kier molecular flexibility index (Phi) is 9.38. The summed E-state index contributed by atoms with van der Waals surface area (Å²) in [6.07, 6.45) is 1.41. The van der Waals surface area contributed by atoms with E-state index in [1.165, 1.54) is 4.31 Å². The molecular weight excluding hydrogens is 408 g/mol. The van der Waals surface area contributed by atoms with Crippen LogP contribution < -0.4 is 14.8 Å². The molecule has 0 aliphatic carbocycles. The van der Waals surface area contributed by atoms with Gasteiger partial charge in [-0.05, 0) is 44.9 Å². The average molecular weight is 443 g/mol. The van der Waals surface area contributed by atoms with Gasteiger partial charge in [0.15, 0.2) is 11.5 Å². The second-order valence-electron chi connectivity index (χ2n) is 7.50. The molecule has 1 aromatic carbocycles. The van der Waals surface area contributed by atoms with E-state index in [0.717, 1.165) is 12.8 Å². The molecule has 170 valence electrons. The number of morpholine rings is 1. The van der Waals surface area contributed by atoms with Crippen molar-refractivity contribution < 1.29 is 27.4 Å². The lowest BCUT2D eigenvalue weighted by atomic mass is 10.2. The van der Waals surface area contributed by atoms with Crippen LogP contribution in [0.15, 0.2) is 18.2 Å². The largest absolute Gasteiger partial charge is 0.490 e. The number of ether oxygens (including phenoxy) is 3. The van der Waals surface area contributed by atoms with Gasteiger partial charge in [0.25, 0.3) is 5.91 Å². The summed E-state index contributed by atoms with van der Waals surface area (Å²) in [5.74, 6) is 0.605. The molecule has 2 rings (SSSR count). The van der Waals surface area contributed by atoms with Gasteiger partial charge in [-0.1, -0.05) is 13.8 Å². The minimum Gasteiger partial charge on any atom is -0.490 e. The fraction of sp³-hybridized carbons (Fsp3) is 0.667. The average Bonchev–Trinajstić information content (AvgIpc) is 2.70. The molecule has 0 aromatic heterocycles. The van der Waals surface area contributed by atoms with Gasteiger partial charge in [-0.15, -0.1) is 0 Å². The molecule has 0 saturated carbocycles. The molecule has 1 saturated heterocycles. The SMILES string of the molecule is CCCOc1ccc(C(=O)NCCS(=O)(=O)N2CC(C)OC(C)C2)cc1OCCC. The Labute approximate surface area is 179 Å². The van der Waals surface area contributed by atoms with E-state index >= 15 is 0 Å². The molecular formula is C21H34N2O6S. The fourth-order valence-electron chi connectivity index (χ4n) is 3.19. The van der Waals surface area contributed by atoms with Crippen LogP contribution in [0.1, 0.15) is 50.9 Å². The van der Waals surface area contributed by atoms with Gasteiger partial charge in [-0.3, -0.25) is 4.79 Å². The highest BCUT2D eigenvalue weighted by Crippen LogP contribution is 2.29. The van der Waals surface area contributed by atoms with Crippen LogP contribution in [0.3, 0.4) is 0 Å². The second kappa shape index (κ2) is 11.5. The maximum Gasteiger partial charge on any atom is 0.251 e. The first-order valence-corrected chi connectivity index (χ1v) is 12.2. The summed E-state index contributed by atoms with van der Waals surface area (Å²) in [5.41, 5.74) is 0.399. The highest BCUT2D eigenvalue weighted by atomic mass is 32.2. The van der Waals surface area contributed by atoms with E-state index in [4.69, 9.17) is 14.2 Å². The van der Waals surface area contributed by atoms with Gasteiger partial charge in [0.2, 0.25) is 10.0 Å². The van der Waals surface area contributed by atoms with Crippen LogP contribution in [0.25, 0.3) is 0 Å². The summed E-state index contributed by atoms with van der Waals surface area (Å²) < 4.78 is 43.6. The molecule has 1 aliphatic heterocycles. The Morgan fingerprint density at radius 1 is 1.10 bits per heavy atom. The lowest BCUT2D eigenvalue weighted by Gasteiger charge is -2.34. The maximum absolute atomic E-state index is 12.6. The molecule has 30 heavy (non-hydrogen) atoms. The number of carbonyl (C=O) groups is 1. The Morgan fingerprint density at radius 2 is 1.70 bits per heavy atom. The highest BCUT2D eigenvalue weighted by Gasteiger charge is 2.30. The van der Waals surface area contributed by atoms with Crippen LogP contribution in [-0.4, -0.2) is 69.4 Å². The van der Waals surface area contributed by atoms with Gasteiger partial charge in [0.05, 0.1) is 31.2 Å². The van der Waals surface area contributed by atoms with Gasteiger partial charge >= 0.3 is 0 Å². The predicted octanol–water partition coefficient (Wildman–Crippen LogP) is 2.43. The fourth-order valence-corrected chi connectivity index (χ4v) is 4.68. The first kappa shape index (κ1) is 24.4. The van der Waals surface area contributed by atoms with Crippen molar-refractivity contribution >= 4 is 15.9 Å². The number of amides is 1. The van der Waals surface area contributed by atoms with Crippen molar-refractivity contribution in [3.63, 3.8) is 0 Å². The second-order valence-corrected chi connectivity index (χ2v) is 9.59. The highest BCUT2D eigenvalue weighted by molar-refractivity contribution is 7.89. The Morgan fingerprint density at radius 3 is 2.30 bits per heavy atom. The maximum atomic E-state index is 12.6. The zero-order valence-corrected chi connectivity index (χ0v) is 19.2. The lowest BCUT2D eigenvalue weighted by molar-refractivity contribution is -0.0440. The van der Waals surface area contributed by atoms with Crippen LogP contribution in [0.5, 0.6) is 11.5 Å². The van der Waals surface area contributed by atoms with Crippen molar-refractivity contribution in [2.45, 2.75) is 52.7 Å². The van der Waals surface area contributed by atoms with Gasteiger partial charge in [0, 0.05) is 25.2 Å². The van der Waals surface area contributed by atoms with E-state index in [-0.39, 0.29) is 30.4 Å². The molecule has 0 bridgehead atoms. The molecule has 1 amide bonds. The molecule has 2 unspecified atom stereocenters. The van der Waals surface area contributed by atoms with Crippen LogP contribution >= 0.6 is 0 Å². The summed E-state index contributed by atoms with van der Waals surface area (Å²) in [5, 5.41) is 2.69. The number of nitrogens with one attached hydrogen (secondary N) is 1.